The van der Waals surface area contributed by atoms with Crippen LogP contribution >= 0.6 is 22.9 Å². The summed E-state index contributed by atoms with van der Waals surface area (Å²) >= 11 is 7.74. The highest BCUT2D eigenvalue weighted by Gasteiger charge is 2.20. The smallest absolute Gasteiger partial charge is 0.307 e. The summed E-state index contributed by atoms with van der Waals surface area (Å²) in [5.74, 6) is -0.860. The van der Waals surface area contributed by atoms with Gasteiger partial charge in [-0.3, -0.25) is 9.48 Å². The van der Waals surface area contributed by atoms with E-state index in [1.807, 2.05) is 67.1 Å². The number of rotatable bonds is 6. The molecule has 5 nitrogen and oxygen atoms in total. The molecule has 2 aromatic heterocycles. The molecule has 0 saturated carbocycles. The molecule has 0 atom stereocenters. The van der Waals surface area contributed by atoms with E-state index in [-0.39, 0.29) is 6.42 Å². The van der Waals surface area contributed by atoms with Gasteiger partial charge in [0.1, 0.15) is 5.01 Å². The van der Waals surface area contributed by atoms with Crippen molar-refractivity contribution in [3.63, 3.8) is 0 Å². The minimum Gasteiger partial charge on any atom is -0.481 e. The molecule has 6 aromatic rings. The first-order valence-electron chi connectivity index (χ1n) is 12.3. The first kappa shape index (κ1) is 24.3. The van der Waals surface area contributed by atoms with Crippen LogP contribution in [0.3, 0.4) is 0 Å². The van der Waals surface area contributed by atoms with E-state index in [1.54, 1.807) is 11.3 Å². The van der Waals surface area contributed by atoms with E-state index < -0.39 is 5.97 Å². The molecule has 0 unspecified atom stereocenters. The minimum absolute atomic E-state index is 0.0568. The Kier molecular flexibility index (Phi) is 6.22. The van der Waals surface area contributed by atoms with E-state index in [9.17, 15) is 9.90 Å². The van der Waals surface area contributed by atoms with Crippen molar-refractivity contribution in [2.24, 2.45) is 0 Å². The number of carbonyl (C=O) groups is 1. The van der Waals surface area contributed by atoms with Gasteiger partial charge in [-0.2, -0.15) is 5.10 Å². The average molecular weight is 538 g/mol. The van der Waals surface area contributed by atoms with Gasteiger partial charge in [-0.1, -0.05) is 54.1 Å². The predicted molar refractivity (Wildman–Crippen MR) is 155 cm³/mol. The lowest BCUT2D eigenvalue weighted by atomic mass is 9.93. The zero-order valence-electron chi connectivity index (χ0n) is 20.9. The van der Waals surface area contributed by atoms with Crippen LogP contribution in [0.25, 0.3) is 42.8 Å². The highest BCUT2D eigenvalue weighted by atomic mass is 35.5. The monoisotopic (exact) mass is 537 g/mol. The molecule has 0 saturated heterocycles. The fourth-order valence-electron chi connectivity index (χ4n) is 5.01. The number of benzene rings is 4. The minimum atomic E-state index is -0.860. The van der Waals surface area contributed by atoms with E-state index in [0.717, 1.165) is 59.6 Å². The predicted octanol–water partition coefficient (Wildman–Crippen LogP) is 7.93. The molecule has 0 aliphatic heterocycles. The van der Waals surface area contributed by atoms with Gasteiger partial charge in [0.05, 0.1) is 34.4 Å². The normalized spacial score (nSPS) is 11.4. The maximum absolute atomic E-state index is 11.8. The quantitative estimate of drug-likeness (QED) is 0.234. The lowest BCUT2D eigenvalue weighted by molar-refractivity contribution is -0.136. The average Bonchev–Trinajstić information content (AvgIpc) is 3.46. The third kappa shape index (κ3) is 4.46. The summed E-state index contributed by atoms with van der Waals surface area (Å²) in [7, 11) is 0. The van der Waals surface area contributed by atoms with E-state index in [0.29, 0.717) is 11.6 Å². The lowest BCUT2D eigenvalue weighted by Crippen LogP contribution is -2.04. The Labute approximate surface area is 229 Å². The Bertz CT molecular complexity index is 1820. The number of hydrogen-bond acceptors (Lipinski definition) is 4. The number of nitrogens with zero attached hydrogens (tertiary/aromatic N) is 3. The number of thiazole rings is 1. The number of aliphatic carboxylic acids is 1. The van der Waals surface area contributed by atoms with Crippen LogP contribution in [0.5, 0.6) is 0 Å². The molecule has 7 heteroatoms. The highest BCUT2D eigenvalue weighted by Crippen LogP contribution is 2.41. The molecule has 0 aliphatic rings. The summed E-state index contributed by atoms with van der Waals surface area (Å²) < 4.78 is 3.02. The van der Waals surface area contributed by atoms with Crippen molar-refractivity contribution in [3.8, 4) is 21.7 Å². The number of halogens is 1. The van der Waals surface area contributed by atoms with Crippen molar-refractivity contribution in [1.29, 1.82) is 0 Å². The van der Waals surface area contributed by atoms with Gasteiger partial charge in [-0.15, -0.1) is 11.3 Å². The van der Waals surface area contributed by atoms with Crippen molar-refractivity contribution >= 4 is 50.0 Å². The van der Waals surface area contributed by atoms with Crippen LogP contribution in [0, 0.1) is 13.8 Å². The van der Waals surface area contributed by atoms with Crippen LogP contribution in [-0.2, 0) is 17.8 Å². The second-order valence-electron chi connectivity index (χ2n) is 9.45. The molecule has 0 radical (unpaired) electrons. The number of fused-ring (bicyclic) bond motifs is 2. The van der Waals surface area contributed by atoms with E-state index in [1.165, 1.54) is 5.56 Å². The molecule has 2 heterocycles. The summed E-state index contributed by atoms with van der Waals surface area (Å²) in [6.45, 7) is 4.70. The van der Waals surface area contributed by atoms with Crippen LogP contribution < -0.4 is 0 Å². The SMILES string of the molecule is Cc1cc2nc(-c3ccc4c(c3)c(C)nn4Cc3ccccc3)sc2c(-c2ccc(Cl)cc2)c1CC(=O)O. The Balaban J connectivity index is 1.48. The second-order valence-corrected chi connectivity index (χ2v) is 10.9. The Hall–Kier alpha value is -4.00. The maximum atomic E-state index is 11.8. The fourth-order valence-corrected chi connectivity index (χ4v) is 6.27. The summed E-state index contributed by atoms with van der Waals surface area (Å²) in [6.07, 6.45) is -0.0568. The van der Waals surface area contributed by atoms with Crippen LogP contribution in [-0.4, -0.2) is 25.8 Å². The van der Waals surface area contributed by atoms with Crippen LogP contribution in [0.1, 0.15) is 22.4 Å². The Morgan fingerprint density at radius 1 is 0.974 bits per heavy atom. The zero-order valence-corrected chi connectivity index (χ0v) is 22.5. The van der Waals surface area contributed by atoms with Crippen molar-refractivity contribution in [2.45, 2.75) is 26.8 Å². The number of hydrogen-bond donors (Lipinski definition) is 1. The molecule has 4 aromatic carbocycles. The summed E-state index contributed by atoms with van der Waals surface area (Å²) in [5, 5.41) is 17.1. The first-order chi connectivity index (χ1) is 18.4. The topological polar surface area (TPSA) is 68.0 Å². The van der Waals surface area contributed by atoms with E-state index in [4.69, 9.17) is 21.7 Å². The molecule has 0 aliphatic carbocycles. The highest BCUT2D eigenvalue weighted by molar-refractivity contribution is 7.22. The van der Waals surface area contributed by atoms with Gasteiger partial charge >= 0.3 is 5.97 Å². The largest absolute Gasteiger partial charge is 0.481 e. The van der Waals surface area contributed by atoms with Gasteiger partial charge in [-0.25, -0.2) is 4.98 Å². The molecule has 0 amide bonds. The maximum Gasteiger partial charge on any atom is 0.307 e. The van der Waals surface area contributed by atoms with Crippen molar-refractivity contribution in [3.05, 3.63) is 106 Å². The Morgan fingerprint density at radius 2 is 1.71 bits per heavy atom. The van der Waals surface area contributed by atoms with E-state index >= 15 is 0 Å². The van der Waals surface area contributed by atoms with Gasteiger partial charge in [0, 0.05) is 21.5 Å². The van der Waals surface area contributed by atoms with Crippen LogP contribution in [0.2, 0.25) is 5.02 Å². The summed E-state index contributed by atoms with van der Waals surface area (Å²) in [6, 6.07) is 26.2. The van der Waals surface area contributed by atoms with Gasteiger partial charge in [0.15, 0.2) is 0 Å². The third-order valence-electron chi connectivity index (χ3n) is 6.83. The van der Waals surface area contributed by atoms with Crippen molar-refractivity contribution in [2.75, 3.05) is 0 Å². The van der Waals surface area contributed by atoms with Crippen LogP contribution in [0.4, 0.5) is 0 Å². The van der Waals surface area contributed by atoms with Crippen molar-refractivity contribution < 1.29 is 9.90 Å². The standard InChI is InChI=1S/C31H24ClN3O2S/c1-18-14-26-30(29(24(18)16-28(36)37)21-8-11-23(32)12-9-21)38-31(33-26)22-10-13-27-25(15-22)19(2)34-35(27)17-20-6-4-3-5-7-20/h3-15H,16-17H2,1-2H3,(H,36,37). The molecule has 0 spiro atoms. The fraction of sp³-hybridized carbons (Fsp3) is 0.129. The molecule has 1 N–H and O–H groups in total. The number of carboxylic acids is 1. The molecule has 38 heavy (non-hydrogen) atoms. The second kappa shape index (κ2) is 9.71. The Morgan fingerprint density at radius 3 is 2.45 bits per heavy atom. The van der Waals surface area contributed by atoms with Crippen molar-refractivity contribution in [1.82, 2.24) is 14.8 Å². The number of aryl methyl sites for hydroxylation is 2. The molecule has 6 rings (SSSR count). The lowest BCUT2D eigenvalue weighted by Gasteiger charge is -2.13. The van der Waals surface area contributed by atoms with Gasteiger partial charge in [0.2, 0.25) is 0 Å². The molecule has 0 bridgehead atoms. The van der Waals surface area contributed by atoms with Gasteiger partial charge < -0.3 is 5.11 Å². The molecule has 0 fully saturated rings. The van der Waals surface area contributed by atoms with Gasteiger partial charge in [0.25, 0.3) is 0 Å². The number of aromatic nitrogens is 3. The summed E-state index contributed by atoms with van der Waals surface area (Å²) in [4.78, 5) is 16.8. The number of carboxylic acid groups (broad SMARTS) is 1. The molecular formula is C31H24ClN3O2S. The third-order valence-corrected chi connectivity index (χ3v) is 8.22. The summed E-state index contributed by atoms with van der Waals surface area (Å²) in [5.41, 5.74) is 8.69. The molecule has 188 valence electrons. The van der Waals surface area contributed by atoms with Gasteiger partial charge in [-0.05, 0) is 72.5 Å². The van der Waals surface area contributed by atoms with E-state index in [2.05, 4.69) is 30.3 Å². The zero-order chi connectivity index (χ0) is 26.4. The first-order valence-corrected chi connectivity index (χ1v) is 13.5. The van der Waals surface area contributed by atoms with Crippen LogP contribution in [0.15, 0.2) is 78.9 Å². The molecular weight excluding hydrogens is 514 g/mol.